The summed E-state index contributed by atoms with van der Waals surface area (Å²) in [6.07, 6.45) is 0.677. The van der Waals surface area contributed by atoms with Crippen molar-refractivity contribution in [1.82, 2.24) is 4.90 Å². The zero-order chi connectivity index (χ0) is 23.5. The third-order valence-corrected chi connectivity index (χ3v) is 5.91. The summed E-state index contributed by atoms with van der Waals surface area (Å²) in [4.78, 5) is 42.1. The Morgan fingerprint density at radius 2 is 1.76 bits per heavy atom. The van der Waals surface area contributed by atoms with Crippen LogP contribution in [0.3, 0.4) is 0 Å². The molecule has 3 aromatic carbocycles. The summed E-state index contributed by atoms with van der Waals surface area (Å²) in [6.45, 7) is 2.06. The van der Waals surface area contributed by atoms with Gasteiger partial charge in [-0.05, 0) is 60.0 Å². The second-order valence-corrected chi connectivity index (χ2v) is 8.32. The van der Waals surface area contributed by atoms with E-state index in [0.717, 1.165) is 23.0 Å². The van der Waals surface area contributed by atoms with Gasteiger partial charge in [0.25, 0.3) is 11.8 Å². The summed E-state index contributed by atoms with van der Waals surface area (Å²) in [6, 6.07) is 18.4. The lowest BCUT2D eigenvalue weighted by Crippen LogP contribution is -2.45. The highest BCUT2D eigenvalue weighted by molar-refractivity contribution is 6.30. The van der Waals surface area contributed by atoms with Crippen molar-refractivity contribution in [2.75, 3.05) is 4.90 Å². The lowest BCUT2D eigenvalue weighted by molar-refractivity contribution is -0.122. The molecule has 168 valence electrons. The van der Waals surface area contributed by atoms with Crippen molar-refractivity contribution in [3.63, 3.8) is 0 Å². The van der Waals surface area contributed by atoms with Crippen LogP contribution in [0, 0.1) is 5.82 Å². The average Bonchev–Trinajstić information content (AvgIpc) is 3.10. The summed E-state index contributed by atoms with van der Waals surface area (Å²) in [5, 5.41) is 0.483. The van der Waals surface area contributed by atoms with Gasteiger partial charge in [-0.15, -0.1) is 0 Å². The van der Waals surface area contributed by atoms with E-state index in [0.29, 0.717) is 16.3 Å². The number of carbonyl (C=O) groups is 3. The van der Waals surface area contributed by atoms with Crippen LogP contribution in [0.1, 0.15) is 34.8 Å². The van der Waals surface area contributed by atoms with Crippen LogP contribution in [0.2, 0.25) is 5.02 Å². The monoisotopic (exact) mass is 464 g/mol. The number of hydrogen-bond donors (Lipinski definition) is 0. The normalized spacial score (nSPS) is 15.7. The van der Waals surface area contributed by atoms with Gasteiger partial charge in [0.15, 0.2) is 0 Å². The molecule has 0 saturated carbocycles. The largest absolute Gasteiger partial charge is 0.322 e. The van der Waals surface area contributed by atoms with Crippen molar-refractivity contribution in [2.24, 2.45) is 0 Å². The number of anilines is 1. The molecule has 33 heavy (non-hydrogen) atoms. The molecule has 1 atom stereocenters. The third-order valence-electron chi connectivity index (χ3n) is 5.68. The molecule has 0 bridgehead atoms. The van der Waals surface area contributed by atoms with Gasteiger partial charge < -0.3 is 4.90 Å². The molecule has 0 N–H and O–H groups in total. The van der Waals surface area contributed by atoms with Crippen molar-refractivity contribution < 1.29 is 18.8 Å². The Labute approximate surface area is 196 Å². The summed E-state index contributed by atoms with van der Waals surface area (Å²) in [7, 11) is 0. The molecule has 7 heteroatoms. The SMILES string of the molecule is CCc1ccc(N2C(=O)C[C@H](N(Cc3cccc(Cl)c3)C(=O)c3cccc(F)c3)C2=O)cc1. The van der Waals surface area contributed by atoms with E-state index >= 15 is 0 Å². The Morgan fingerprint density at radius 1 is 1.03 bits per heavy atom. The quantitative estimate of drug-likeness (QED) is 0.481. The number of halogens is 2. The Bertz CT molecular complexity index is 1210. The topological polar surface area (TPSA) is 57.7 Å². The molecule has 0 aromatic heterocycles. The zero-order valence-corrected chi connectivity index (χ0v) is 18.8. The minimum Gasteiger partial charge on any atom is -0.322 e. The zero-order valence-electron chi connectivity index (χ0n) is 18.0. The highest BCUT2D eigenvalue weighted by Crippen LogP contribution is 2.28. The van der Waals surface area contributed by atoms with Crippen molar-refractivity contribution in [1.29, 1.82) is 0 Å². The van der Waals surface area contributed by atoms with Crippen molar-refractivity contribution in [3.8, 4) is 0 Å². The molecule has 1 aliphatic rings. The summed E-state index contributed by atoms with van der Waals surface area (Å²) < 4.78 is 13.8. The van der Waals surface area contributed by atoms with Crippen LogP contribution in [0.15, 0.2) is 72.8 Å². The van der Waals surface area contributed by atoms with Crippen LogP contribution >= 0.6 is 11.6 Å². The first-order chi connectivity index (χ1) is 15.9. The molecule has 3 aromatic rings. The molecule has 3 amide bonds. The minimum absolute atomic E-state index is 0.0439. The van der Waals surface area contributed by atoms with Crippen LogP contribution in [-0.2, 0) is 22.6 Å². The van der Waals surface area contributed by atoms with Crippen molar-refractivity contribution in [2.45, 2.75) is 32.4 Å². The van der Waals surface area contributed by atoms with Crippen LogP contribution in [0.25, 0.3) is 0 Å². The first-order valence-electron chi connectivity index (χ1n) is 10.6. The Kier molecular flexibility index (Phi) is 6.56. The minimum atomic E-state index is -1.02. The lowest BCUT2D eigenvalue weighted by atomic mass is 10.1. The predicted octanol–water partition coefficient (Wildman–Crippen LogP) is 5.02. The highest BCUT2D eigenvalue weighted by Gasteiger charge is 2.44. The molecule has 0 radical (unpaired) electrons. The van der Waals surface area contributed by atoms with Crippen LogP contribution in [-0.4, -0.2) is 28.7 Å². The number of carbonyl (C=O) groups excluding carboxylic acids is 3. The maximum absolute atomic E-state index is 13.8. The molecule has 1 aliphatic heterocycles. The van der Waals surface area contributed by atoms with Crippen LogP contribution in [0.5, 0.6) is 0 Å². The van der Waals surface area contributed by atoms with Crippen LogP contribution in [0.4, 0.5) is 10.1 Å². The van der Waals surface area contributed by atoms with Gasteiger partial charge >= 0.3 is 0 Å². The Hall–Kier alpha value is -3.51. The fourth-order valence-electron chi connectivity index (χ4n) is 3.95. The second-order valence-electron chi connectivity index (χ2n) is 7.88. The lowest BCUT2D eigenvalue weighted by Gasteiger charge is -2.28. The van der Waals surface area contributed by atoms with Gasteiger partial charge in [-0.2, -0.15) is 0 Å². The number of hydrogen-bond acceptors (Lipinski definition) is 3. The maximum atomic E-state index is 13.8. The molecule has 5 nitrogen and oxygen atoms in total. The van der Waals surface area contributed by atoms with Gasteiger partial charge in [0.1, 0.15) is 11.9 Å². The van der Waals surface area contributed by atoms with Gasteiger partial charge in [0.05, 0.1) is 12.1 Å². The molecule has 1 heterocycles. The van der Waals surface area contributed by atoms with Gasteiger partial charge in [-0.3, -0.25) is 14.4 Å². The van der Waals surface area contributed by atoms with E-state index in [2.05, 4.69) is 0 Å². The summed E-state index contributed by atoms with van der Waals surface area (Å²) >= 11 is 6.10. The van der Waals surface area contributed by atoms with Gasteiger partial charge in [-0.25, -0.2) is 9.29 Å². The molecule has 0 spiro atoms. The summed E-state index contributed by atoms with van der Waals surface area (Å²) in [5.41, 5.74) is 2.34. The van der Waals surface area contributed by atoms with E-state index in [1.807, 2.05) is 19.1 Å². The first-order valence-corrected chi connectivity index (χ1v) is 11.0. The second kappa shape index (κ2) is 9.55. The average molecular weight is 465 g/mol. The standard InChI is InChI=1S/C26H22ClFN2O3/c1-2-17-9-11-22(12-10-17)30-24(31)15-23(26(30)33)29(16-18-5-3-7-20(27)13-18)25(32)19-6-4-8-21(28)14-19/h3-14,23H,2,15-16H2,1H3/t23-/m0/s1. The number of amides is 3. The number of aryl methyl sites for hydroxylation is 1. The van der Waals surface area contributed by atoms with E-state index in [-0.39, 0.29) is 18.5 Å². The van der Waals surface area contributed by atoms with Gasteiger partial charge in [0.2, 0.25) is 5.91 Å². The fraction of sp³-hybridized carbons (Fsp3) is 0.192. The maximum Gasteiger partial charge on any atom is 0.257 e. The third kappa shape index (κ3) is 4.81. The molecule has 1 fully saturated rings. The fourth-order valence-corrected chi connectivity index (χ4v) is 4.17. The molecule has 1 saturated heterocycles. The van der Waals surface area contributed by atoms with E-state index in [1.165, 1.54) is 23.1 Å². The van der Waals surface area contributed by atoms with E-state index in [4.69, 9.17) is 11.6 Å². The van der Waals surface area contributed by atoms with Crippen molar-refractivity contribution in [3.05, 3.63) is 100 Å². The van der Waals surface area contributed by atoms with E-state index < -0.39 is 29.6 Å². The molecular weight excluding hydrogens is 443 g/mol. The Morgan fingerprint density at radius 3 is 2.42 bits per heavy atom. The summed E-state index contributed by atoms with van der Waals surface area (Å²) in [5.74, 6) is -1.98. The molecule has 4 rings (SSSR count). The number of benzene rings is 3. The van der Waals surface area contributed by atoms with Gasteiger partial charge in [0, 0.05) is 17.1 Å². The first kappa shape index (κ1) is 22.7. The van der Waals surface area contributed by atoms with Crippen LogP contribution < -0.4 is 4.90 Å². The highest BCUT2D eigenvalue weighted by atomic mass is 35.5. The smallest absolute Gasteiger partial charge is 0.257 e. The molecular formula is C26H22ClFN2O3. The van der Waals surface area contributed by atoms with E-state index in [1.54, 1.807) is 36.4 Å². The predicted molar refractivity (Wildman–Crippen MR) is 124 cm³/mol. The van der Waals surface area contributed by atoms with Gasteiger partial charge in [-0.1, -0.05) is 48.9 Å². The number of imide groups is 1. The number of rotatable bonds is 6. The molecule has 0 unspecified atom stereocenters. The van der Waals surface area contributed by atoms with Crippen molar-refractivity contribution >= 4 is 35.0 Å². The molecule has 0 aliphatic carbocycles. The number of nitrogens with zero attached hydrogens (tertiary/aromatic N) is 2. The van der Waals surface area contributed by atoms with E-state index in [9.17, 15) is 18.8 Å². The Balaban J connectivity index is 1.69.